The third-order valence-electron chi connectivity index (χ3n) is 5.79. The predicted molar refractivity (Wildman–Crippen MR) is 128 cm³/mol. The van der Waals surface area contributed by atoms with E-state index >= 15 is 0 Å². The Morgan fingerprint density at radius 2 is 0.818 bits per heavy atom. The molecule has 0 aliphatic carbocycles. The van der Waals surface area contributed by atoms with Crippen LogP contribution in [-0.2, 0) is 20.9 Å². The number of hydrogen-bond acceptors (Lipinski definition) is 3. The molecular formula is C26H26F13IO3S. The summed E-state index contributed by atoms with van der Waals surface area (Å²) in [6, 6.07) is 18.0. The molecule has 0 aliphatic rings. The number of benzene rings is 2. The van der Waals surface area contributed by atoms with Crippen LogP contribution in [0.1, 0.15) is 52.7 Å². The largest absolute Gasteiger partial charge is 0.743 e. The minimum Gasteiger partial charge on any atom is -0.743 e. The minimum absolute atomic E-state index is 0.147. The molecule has 2 aromatic carbocycles. The van der Waals surface area contributed by atoms with Crippen molar-refractivity contribution < 1.29 is 91.3 Å². The van der Waals surface area contributed by atoms with Gasteiger partial charge in [0.15, 0.2) is 17.3 Å². The van der Waals surface area contributed by atoms with E-state index in [2.05, 4.69) is 90.1 Å². The molecule has 252 valence electrons. The summed E-state index contributed by atoms with van der Waals surface area (Å²) in [5, 5.41) is -7.63. The van der Waals surface area contributed by atoms with Gasteiger partial charge in [0, 0.05) is 11.1 Å². The van der Waals surface area contributed by atoms with E-state index in [9.17, 15) is 70.0 Å². The Hall–Kier alpha value is -1.83. The molecular weight excluding hydrogens is 766 g/mol. The first-order valence-corrected chi connectivity index (χ1v) is 15.5. The van der Waals surface area contributed by atoms with Gasteiger partial charge in [-0.1, -0.05) is 77.9 Å². The molecule has 0 heterocycles. The molecule has 44 heavy (non-hydrogen) atoms. The summed E-state index contributed by atoms with van der Waals surface area (Å²) < 4.78 is 192. The lowest BCUT2D eigenvalue weighted by atomic mass is 9.87. The van der Waals surface area contributed by atoms with Crippen LogP contribution in [-0.4, -0.2) is 48.1 Å². The van der Waals surface area contributed by atoms with Crippen LogP contribution >= 0.6 is 0 Å². The SMILES string of the molecule is CC(C)(C)c1ccccc1[I+]c1ccccc1C(C)(C)C.O=S(=O)([O-])C(F)(F)C(F)(F)C(F)(F)C(F)(F)C(F)(F)C(F)(F)F. The zero-order valence-corrected chi connectivity index (χ0v) is 26.5. The molecule has 0 aliphatic heterocycles. The van der Waals surface area contributed by atoms with Gasteiger partial charge in [-0.15, -0.1) is 0 Å². The van der Waals surface area contributed by atoms with Crippen molar-refractivity contribution in [2.24, 2.45) is 0 Å². The van der Waals surface area contributed by atoms with Gasteiger partial charge >= 0.3 is 56.3 Å². The maximum atomic E-state index is 12.7. The van der Waals surface area contributed by atoms with Crippen LogP contribution < -0.4 is 21.2 Å². The van der Waals surface area contributed by atoms with Gasteiger partial charge in [0.25, 0.3) is 0 Å². The van der Waals surface area contributed by atoms with E-state index in [1.54, 1.807) is 7.14 Å². The number of hydrogen-bond donors (Lipinski definition) is 0. The molecule has 0 unspecified atom stereocenters. The fraction of sp³-hybridized carbons (Fsp3) is 0.538. The summed E-state index contributed by atoms with van der Waals surface area (Å²) >= 11 is -0.147. The van der Waals surface area contributed by atoms with Crippen molar-refractivity contribution in [1.82, 2.24) is 0 Å². The molecule has 0 radical (unpaired) electrons. The van der Waals surface area contributed by atoms with Crippen molar-refractivity contribution in [2.75, 3.05) is 0 Å². The molecule has 2 aromatic rings. The molecule has 0 spiro atoms. The van der Waals surface area contributed by atoms with Crippen molar-refractivity contribution in [3.8, 4) is 0 Å². The highest BCUT2D eigenvalue weighted by Gasteiger charge is 2.91. The Morgan fingerprint density at radius 3 is 1.09 bits per heavy atom. The van der Waals surface area contributed by atoms with Crippen molar-refractivity contribution in [1.29, 1.82) is 0 Å². The molecule has 0 bridgehead atoms. The second-order valence-electron chi connectivity index (χ2n) is 11.3. The molecule has 0 amide bonds. The van der Waals surface area contributed by atoms with Gasteiger partial charge in [0.1, 0.15) is 0 Å². The van der Waals surface area contributed by atoms with Gasteiger partial charge in [-0.05, 0) is 23.0 Å². The van der Waals surface area contributed by atoms with E-state index < -0.39 is 45.2 Å². The Labute approximate surface area is 255 Å². The normalized spacial score (nSPS) is 14.6. The molecule has 0 saturated carbocycles. The molecule has 0 aromatic heterocycles. The number of halogens is 14. The predicted octanol–water partition coefficient (Wildman–Crippen LogP) is 5.64. The zero-order chi connectivity index (χ0) is 35.2. The Morgan fingerprint density at radius 1 is 0.523 bits per heavy atom. The van der Waals surface area contributed by atoms with Gasteiger partial charge in [0.2, 0.25) is 0 Å². The average molecular weight is 792 g/mol. The summed E-state index contributed by atoms with van der Waals surface area (Å²) in [5.41, 5.74) is 3.43. The Bertz CT molecular complexity index is 1350. The average Bonchev–Trinajstić information content (AvgIpc) is 2.82. The van der Waals surface area contributed by atoms with Crippen LogP contribution in [0.3, 0.4) is 0 Å². The molecule has 0 N–H and O–H groups in total. The first kappa shape index (κ1) is 40.2. The van der Waals surface area contributed by atoms with Gasteiger partial charge in [-0.25, -0.2) is 8.42 Å². The summed E-state index contributed by atoms with van der Waals surface area (Å²) in [6.07, 6.45) is -7.61. The summed E-state index contributed by atoms with van der Waals surface area (Å²) in [6.45, 7) is 13.9. The molecule has 0 saturated heterocycles. The molecule has 0 atom stereocenters. The molecule has 2 rings (SSSR count). The lowest BCUT2D eigenvalue weighted by molar-refractivity contribution is -0.599. The maximum Gasteiger partial charge on any atom is 0.460 e. The van der Waals surface area contributed by atoms with Gasteiger partial charge in [-0.3, -0.25) is 0 Å². The molecule has 18 heteroatoms. The lowest BCUT2D eigenvalue weighted by Gasteiger charge is -2.39. The van der Waals surface area contributed by atoms with E-state index in [1.807, 2.05) is 0 Å². The standard InChI is InChI=1S/C20H26I.C6HF13O3S/c1-19(2,3)15-11-7-9-13-17(15)21-18-14-10-8-12-16(18)20(4,5)6;7-1(8,3(11,12)5(15,16)17)2(9,10)4(13,14)6(18,19)23(20,21)22/h7-14H,1-6H3;(H,20,21,22)/q+1;/p-1. The summed E-state index contributed by atoms with van der Waals surface area (Å²) in [7, 11) is -7.86. The van der Waals surface area contributed by atoms with E-state index in [1.165, 1.54) is 11.1 Å². The third kappa shape index (κ3) is 7.58. The van der Waals surface area contributed by atoms with Crippen molar-refractivity contribution in [2.45, 2.75) is 87.5 Å². The lowest BCUT2D eigenvalue weighted by Crippen LogP contribution is -3.62. The van der Waals surface area contributed by atoms with E-state index in [0.717, 1.165) is 0 Å². The van der Waals surface area contributed by atoms with Crippen LogP contribution in [0.15, 0.2) is 48.5 Å². The van der Waals surface area contributed by atoms with Crippen molar-refractivity contribution in [3.05, 3.63) is 66.8 Å². The minimum atomic E-state index is -8.29. The van der Waals surface area contributed by atoms with Gasteiger partial charge in [0.05, 0.1) is 0 Å². The fourth-order valence-electron chi connectivity index (χ4n) is 3.33. The van der Waals surface area contributed by atoms with Crippen LogP contribution in [0.25, 0.3) is 0 Å². The van der Waals surface area contributed by atoms with Crippen molar-refractivity contribution >= 4 is 10.1 Å². The second kappa shape index (κ2) is 12.4. The Kier molecular flexibility index (Phi) is 11.3. The van der Waals surface area contributed by atoms with E-state index in [0.29, 0.717) is 0 Å². The van der Waals surface area contributed by atoms with Crippen LogP contribution in [0, 0.1) is 7.14 Å². The highest BCUT2D eigenvalue weighted by molar-refractivity contribution is 7.86. The van der Waals surface area contributed by atoms with Gasteiger partial charge in [-0.2, -0.15) is 57.1 Å². The van der Waals surface area contributed by atoms with Crippen LogP contribution in [0.2, 0.25) is 0 Å². The Balaban J connectivity index is 0.000000441. The zero-order valence-electron chi connectivity index (χ0n) is 23.5. The van der Waals surface area contributed by atoms with Gasteiger partial charge < -0.3 is 4.55 Å². The molecule has 3 nitrogen and oxygen atoms in total. The topological polar surface area (TPSA) is 57.2 Å². The first-order valence-electron chi connectivity index (χ1n) is 11.9. The maximum absolute atomic E-state index is 12.7. The van der Waals surface area contributed by atoms with E-state index in [-0.39, 0.29) is 32.0 Å². The summed E-state index contributed by atoms with van der Waals surface area (Å²) in [4.78, 5) is 0. The smallest absolute Gasteiger partial charge is 0.460 e. The number of alkyl halides is 13. The monoisotopic (exact) mass is 792 g/mol. The van der Waals surface area contributed by atoms with Crippen LogP contribution in [0.4, 0.5) is 57.1 Å². The molecule has 0 fully saturated rings. The second-order valence-corrected chi connectivity index (χ2v) is 15.6. The first-order chi connectivity index (χ1) is 19.2. The highest BCUT2D eigenvalue weighted by atomic mass is 127. The van der Waals surface area contributed by atoms with E-state index in [4.69, 9.17) is 0 Å². The number of rotatable bonds is 7. The quantitative estimate of drug-likeness (QED) is 0.208. The van der Waals surface area contributed by atoms with Crippen molar-refractivity contribution in [3.63, 3.8) is 0 Å². The fourth-order valence-corrected chi connectivity index (χ4v) is 7.73. The van der Waals surface area contributed by atoms with Crippen LogP contribution in [0.5, 0.6) is 0 Å². The third-order valence-corrected chi connectivity index (χ3v) is 9.71. The summed E-state index contributed by atoms with van der Waals surface area (Å²) in [5.74, 6) is -32.6. The highest BCUT2D eigenvalue weighted by Crippen LogP contribution is 2.60.